The number of ether oxygens (including phenoxy) is 2. The van der Waals surface area contributed by atoms with Crippen LogP contribution in [0, 0.1) is 5.92 Å². The van der Waals surface area contributed by atoms with Crippen molar-refractivity contribution in [3.05, 3.63) is 65.7 Å². The smallest absolute Gasteiger partial charge is 0.338 e. The third-order valence-corrected chi connectivity index (χ3v) is 7.45. The summed E-state index contributed by atoms with van der Waals surface area (Å²) in [4.78, 5) is 24.4. The van der Waals surface area contributed by atoms with Crippen LogP contribution in [0.5, 0.6) is 0 Å². The molecule has 0 aliphatic carbocycles. The summed E-state index contributed by atoms with van der Waals surface area (Å²) < 4.78 is 37.5. The van der Waals surface area contributed by atoms with Crippen LogP contribution in [-0.2, 0) is 24.3 Å². The van der Waals surface area contributed by atoms with Gasteiger partial charge in [-0.2, -0.15) is 4.31 Å². The highest BCUT2D eigenvalue weighted by Crippen LogP contribution is 2.25. The molecule has 0 spiro atoms. The van der Waals surface area contributed by atoms with Crippen molar-refractivity contribution in [3.8, 4) is 0 Å². The molecule has 0 aromatic heterocycles. The Labute approximate surface area is 189 Å². The molecule has 8 heteroatoms. The number of nitrogens with zero attached hydrogens (tertiary/aromatic N) is 1. The summed E-state index contributed by atoms with van der Waals surface area (Å²) in [6, 6.07) is 15.5. The SMILES string of the molecule is CC(C)c1ccc(S(=O)(=O)N2CCC(C(=O)OCCOC(=O)c3ccccc3)CC2)cc1. The van der Waals surface area contributed by atoms with Crippen LogP contribution in [0.1, 0.15) is 48.5 Å². The van der Waals surface area contributed by atoms with Crippen molar-refractivity contribution in [2.75, 3.05) is 26.3 Å². The van der Waals surface area contributed by atoms with Gasteiger partial charge in [-0.3, -0.25) is 4.79 Å². The predicted molar refractivity (Wildman–Crippen MR) is 120 cm³/mol. The first-order chi connectivity index (χ1) is 15.3. The van der Waals surface area contributed by atoms with Gasteiger partial charge in [0.25, 0.3) is 0 Å². The first kappa shape index (κ1) is 23.9. The molecule has 0 saturated carbocycles. The summed E-state index contributed by atoms with van der Waals surface area (Å²) in [5, 5.41) is 0. The van der Waals surface area contributed by atoms with E-state index in [1.807, 2.05) is 12.1 Å². The Morgan fingerprint density at radius 1 is 0.938 bits per heavy atom. The summed E-state index contributed by atoms with van der Waals surface area (Å²) in [5.41, 5.74) is 1.52. The van der Waals surface area contributed by atoms with Crippen LogP contribution in [0.3, 0.4) is 0 Å². The van der Waals surface area contributed by atoms with E-state index in [4.69, 9.17) is 9.47 Å². The Bertz CT molecular complexity index is 1010. The minimum Gasteiger partial charge on any atom is -0.462 e. The van der Waals surface area contributed by atoms with E-state index in [0.29, 0.717) is 24.3 Å². The van der Waals surface area contributed by atoms with Crippen LogP contribution in [0.2, 0.25) is 0 Å². The fourth-order valence-corrected chi connectivity index (χ4v) is 5.03. The molecular formula is C24H29NO6S. The molecule has 3 rings (SSSR count). The Kier molecular flexibility index (Phi) is 8.04. The summed E-state index contributed by atoms with van der Waals surface area (Å²) in [6.07, 6.45) is 0.790. The highest BCUT2D eigenvalue weighted by atomic mass is 32.2. The Morgan fingerprint density at radius 3 is 2.12 bits per heavy atom. The quantitative estimate of drug-likeness (QED) is 0.443. The van der Waals surface area contributed by atoms with E-state index in [0.717, 1.165) is 5.56 Å². The van der Waals surface area contributed by atoms with Gasteiger partial charge in [-0.1, -0.05) is 44.2 Å². The fourth-order valence-electron chi connectivity index (χ4n) is 3.56. The van der Waals surface area contributed by atoms with Crippen molar-refractivity contribution in [2.45, 2.75) is 37.5 Å². The van der Waals surface area contributed by atoms with Crippen molar-refractivity contribution in [2.24, 2.45) is 5.92 Å². The van der Waals surface area contributed by atoms with Gasteiger partial charge < -0.3 is 9.47 Å². The largest absolute Gasteiger partial charge is 0.462 e. The van der Waals surface area contributed by atoms with E-state index in [-0.39, 0.29) is 43.1 Å². The van der Waals surface area contributed by atoms with Gasteiger partial charge in [0.2, 0.25) is 10.0 Å². The molecule has 0 radical (unpaired) electrons. The van der Waals surface area contributed by atoms with Gasteiger partial charge in [0, 0.05) is 13.1 Å². The van der Waals surface area contributed by atoms with E-state index in [9.17, 15) is 18.0 Å². The summed E-state index contributed by atoms with van der Waals surface area (Å²) in [5.74, 6) is -0.898. The number of hydrogen-bond acceptors (Lipinski definition) is 6. The maximum Gasteiger partial charge on any atom is 0.338 e. The highest BCUT2D eigenvalue weighted by molar-refractivity contribution is 7.89. The molecule has 0 bridgehead atoms. The Balaban J connectivity index is 1.43. The monoisotopic (exact) mass is 459 g/mol. The lowest BCUT2D eigenvalue weighted by molar-refractivity contribution is -0.150. The summed E-state index contributed by atoms with van der Waals surface area (Å²) in [7, 11) is -3.59. The lowest BCUT2D eigenvalue weighted by Gasteiger charge is -2.30. The molecular weight excluding hydrogens is 430 g/mol. The Morgan fingerprint density at radius 2 is 1.53 bits per heavy atom. The van der Waals surface area contributed by atoms with Gasteiger partial charge >= 0.3 is 11.9 Å². The highest BCUT2D eigenvalue weighted by Gasteiger charge is 2.32. The predicted octanol–water partition coefficient (Wildman–Crippen LogP) is 3.61. The van der Waals surface area contributed by atoms with Gasteiger partial charge in [-0.25, -0.2) is 13.2 Å². The second-order valence-electron chi connectivity index (χ2n) is 8.07. The molecule has 1 aliphatic heterocycles. The molecule has 0 atom stereocenters. The molecule has 2 aromatic rings. The normalized spacial score (nSPS) is 15.5. The Hall–Kier alpha value is -2.71. The van der Waals surface area contributed by atoms with Crippen molar-refractivity contribution in [3.63, 3.8) is 0 Å². The lowest BCUT2D eigenvalue weighted by atomic mass is 9.98. The zero-order chi connectivity index (χ0) is 23.1. The molecule has 1 aliphatic rings. The average Bonchev–Trinajstić information content (AvgIpc) is 2.82. The zero-order valence-electron chi connectivity index (χ0n) is 18.4. The number of carbonyl (C=O) groups excluding carboxylic acids is 2. The minimum absolute atomic E-state index is 0.0287. The van der Waals surface area contributed by atoms with Gasteiger partial charge in [0.05, 0.1) is 16.4 Å². The fraction of sp³-hybridized carbons (Fsp3) is 0.417. The zero-order valence-corrected chi connectivity index (χ0v) is 19.2. The molecule has 7 nitrogen and oxygen atoms in total. The molecule has 0 amide bonds. The topological polar surface area (TPSA) is 90.0 Å². The molecule has 32 heavy (non-hydrogen) atoms. The maximum absolute atomic E-state index is 12.9. The van der Waals surface area contributed by atoms with E-state index in [1.165, 1.54) is 4.31 Å². The van der Waals surface area contributed by atoms with E-state index in [1.54, 1.807) is 42.5 Å². The van der Waals surface area contributed by atoms with E-state index in [2.05, 4.69) is 13.8 Å². The van der Waals surface area contributed by atoms with Crippen LogP contribution in [0.25, 0.3) is 0 Å². The van der Waals surface area contributed by atoms with E-state index >= 15 is 0 Å². The first-order valence-electron chi connectivity index (χ1n) is 10.8. The van der Waals surface area contributed by atoms with Gasteiger partial charge in [0.1, 0.15) is 13.2 Å². The number of rotatable bonds is 8. The molecule has 0 N–H and O–H groups in total. The minimum atomic E-state index is -3.59. The second-order valence-corrected chi connectivity index (χ2v) is 10.0. The van der Waals surface area contributed by atoms with Crippen LogP contribution in [0.15, 0.2) is 59.5 Å². The number of esters is 2. The van der Waals surface area contributed by atoms with Crippen LogP contribution >= 0.6 is 0 Å². The second kappa shape index (κ2) is 10.7. The number of carbonyl (C=O) groups is 2. The molecule has 0 unspecified atom stereocenters. The van der Waals surface area contributed by atoms with Crippen LogP contribution in [-0.4, -0.2) is 51.0 Å². The first-order valence-corrected chi connectivity index (χ1v) is 12.2. The van der Waals surface area contributed by atoms with Crippen molar-refractivity contribution >= 4 is 22.0 Å². The number of benzene rings is 2. The van der Waals surface area contributed by atoms with Crippen molar-refractivity contribution in [1.29, 1.82) is 0 Å². The molecule has 172 valence electrons. The standard InChI is InChI=1S/C24H29NO6S/c1-18(2)19-8-10-22(11-9-19)32(28,29)25-14-12-21(13-15-25)24(27)31-17-16-30-23(26)20-6-4-3-5-7-20/h3-11,18,21H,12-17H2,1-2H3. The third kappa shape index (κ3) is 5.95. The summed E-state index contributed by atoms with van der Waals surface area (Å²) in [6.45, 7) is 4.58. The number of sulfonamides is 1. The maximum atomic E-state index is 12.9. The molecule has 1 saturated heterocycles. The van der Waals surface area contributed by atoms with Gasteiger partial charge in [-0.05, 0) is 48.6 Å². The average molecular weight is 460 g/mol. The molecule has 2 aromatic carbocycles. The number of piperidine rings is 1. The number of hydrogen-bond donors (Lipinski definition) is 0. The lowest BCUT2D eigenvalue weighted by Crippen LogP contribution is -2.40. The van der Waals surface area contributed by atoms with Crippen molar-refractivity contribution in [1.82, 2.24) is 4.31 Å². The van der Waals surface area contributed by atoms with Gasteiger partial charge in [0.15, 0.2) is 0 Å². The van der Waals surface area contributed by atoms with Gasteiger partial charge in [-0.15, -0.1) is 0 Å². The summed E-state index contributed by atoms with van der Waals surface area (Å²) >= 11 is 0. The molecule has 1 fully saturated rings. The van der Waals surface area contributed by atoms with E-state index < -0.39 is 16.0 Å². The third-order valence-electron chi connectivity index (χ3n) is 5.54. The van der Waals surface area contributed by atoms with Crippen LogP contribution in [0.4, 0.5) is 0 Å². The van der Waals surface area contributed by atoms with Crippen LogP contribution < -0.4 is 0 Å². The van der Waals surface area contributed by atoms with Crippen molar-refractivity contribution < 1.29 is 27.5 Å². The molecule has 1 heterocycles.